The lowest BCUT2D eigenvalue weighted by atomic mass is 9.85. The molecule has 3 heteroatoms. The van der Waals surface area contributed by atoms with Crippen LogP contribution in [-0.2, 0) is 0 Å². The summed E-state index contributed by atoms with van der Waals surface area (Å²) < 4.78 is 7.03. The van der Waals surface area contributed by atoms with E-state index in [-0.39, 0.29) is 0 Å². The summed E-state index contributed by atoms with van der Waals surface area (Å²) in [6, 6.07) is 3.96. The fourth-order valence-corrected chi connectivity index (χ4v) is 2.70. The molecule has 1 aromatic heterocycles. The normalized spacial score (nSPS) is 24.6. The predicted molar refractivity (Wildman–Crippen MR) is 73.3 cm³/mol. The zero-order valence-electron chi connectivity index (χ0n) is 10.6. The Morgan fingerprint density at radius 3 is 2.94 bits per heavy atom. The Kier molecular flexibility index (Phi) is 4.43. The van der Waals surface area contributed by atoms with Crippen molar-refractivity contribution in [1.29, 1.82) is 0 Å². The van der Waals surface area contributed by atoms with Crippen LogP contribution in [0, 0.1) is 12.8 Å². The molecule has 1 aliphatic carbocycles. The molecule has 0 aliphatic heterocycles. The quantitative estimate of drug-likeness (QED) is 0.819. The minimum absolute atomic E-state index is 0.363. The van der Waals surface area contributed by atoms with E-state index < -0.39 is 0 Å². The summed E-state index contributed by atoms with van der Waals surface area (Å²) in [6.07, 6.45) is 6.65. The maximum absolute atomic E-state index is 5.99. The highest BCUT2D eigenvalue weighted by atomic mass is 79.9. The third-order valence-electron chi connectivity index (χ3n) is 3.60. The van der Waals surface area contributed by atoms with Crippen LogP contribution in [-0.4, -0.2) is 11.1 Å². The summed E-state index contributed by atoms with van der Waals surface area (Å²) in [4.78, 5) is 4.45. The van der Waals surface area contributed by atoms with Crippen molar-refractivity contribution in [2.24, 2.45) is 5.92 Å². The van der Waals surface area contributed by atoms with Crippen LogP contribution in [0.4, 0.5) is 0 Å². The fraction of sp³-hybridized carbons (Fsp3) is 0.643. The molecule has 1 aliphatic rings. The molecule has 1 aromatic rings. The molecule has 0 radical (unpaired) electrons. The van der Waals surface area contributed by atoms with Gasteiger partial charge >= 0.3 is 0 Å². The van der Waals surface area contributed by atoms with Gasteiger partial charge in [-0.2, -0.15) is 0 Å². The maximum Gasteiger partial charge on any atom is 0.213 e. The highest BCUT2D eigenvalue weighted by molar-refractivity contribution is 9.10. The molecule has 2 unspecified atom stereocenters. The lowest BCUT2D eigenvalue weighted by Gasteiger charge is -2.28. The van der Waals surface area contributed by atoms with E-state index in [9.17, 15) is 0 Å². The first-order valence-electron chi connectivity index (χ1n) is 6.49. The third-order valence-corrected chi connectivity index (χ3v) is 4.43. The second-order valence-electron chi connectivity index (χ2n) is 4.90. The van der Waals surface area contributed by atoms with E-state index in [0.29, 0.717) is 6.10 Å². The van der Waals surface area contributed by atoms with Gasteiger partial charge in [0.15, 0.2) is 0 Å². The van der Waals surface area contributed by atoms with Crippen molar-refractivity contribution in [3.63, 3.8) is 0 Å². The van der Waals surface area contributed by atoms with Crippen molar-refractivity contribution in [3.8, 4) is 5.88 Å². The van der Waals surface area contributed by atoms with E-state index in [1.165, 1.54) is 32.1 Å². The van der Waals surface area contributed by atoms with Crippen LogP contribution in [0.15, 0.2) is 16.6 Å². The van der Waals surface area contributed by atoms with E-state index in [2.05, 4.69) is 27.8 Å². The van der Waals surface area contributed by atoms with Crippen molar-refractivity contribution in [1.82, 2.24) is 4.98 Å². The van der Waals surface area contributed by atoms with Crippen LogP contribution in [0.5, 0.6) is 5.88 Å². The first-order valence-corrected chi connectivity index (χ1v) is 7.28. The molecule has 94 valence electrons. The number of nitrogens with zero attached hydrogens (tertiary/aromatic N) is 1. The summed E-state index contributed by atoms with van der Waals surface area (Å²) in [5.74, 6) is 1.61. The number of aromatic nitrogens is 1. The van der Waals surface area contributed by atoms with Gasteiger partial charge in [-0.3, -0.25) is 0 Å². The van der Waals surface area contributed by atoms with Gasteiger partial charge in [-0.1, -0.05) is 19.8 Å². The van der Waals surface area contributed by atoms with Crippen LogP contribution >= 0.6 is 15.9 Å². The van der Waals surface area contributed by atoms with Crippen molar-refractivity contribution in [2.75, 3.05) is 0 Å². The van der Waals surface area contributed by atoms with Crippen LogP contribution in [0.1, 0.15) is 44.7 Å². The maximum atomic E-state index is 5.99. The number of hydrogen-bond acceptors (Lipinski definition) is 2. The molecular weight excluding hydrogens is 278 g/mol. The molecule has 1 saturated carbocycles. The SMILES string of the molecule is CCC1CCCC(Oc2ccc(Br)c(C)n2)C1. The standard InChI is InChI=1S/C14H20BrNO/c1-3-11-5-4-6-12(9-11)17-14-8-7-13(15)10(2)16-14/h7-8,11-12H,3-6,9H2,1-2H3. The molecule has 1 fully saturated rings. The predicted octanol–water partition coefficient (Wildman–Crippen LogP) is 4.50. The molecule has 0 spiro atoms. The average Bonchev–Trinajstić information content (AvgIpc) is 2.34. The molecule has 2 rings (SSSR count). The van der Waals surface area contributed by atoms with Gasteiger partial charge in [-0.15, -0.1) is 0 Å². The van der Waals surface area contributed by atoms with Crippen LogP contribution < -0.4 is 4.74 Å². The van der Waals surface area contributed by atoms with Gasteiger partial charge in [-0.25, -0.2) is 4.98 Å². The van der Waals surface area contributed by atoms with Gasteiger partial charge in [-0.05, 0) is 54.1 Å². The van der Waals surface area contributed by atoms with Crippen molar-refractivity contribution < 1.29 is 4.74 Å². The van der Waals surface area contributed by atoms with E-state index >= 15 is 0 Å². The van der Waals surface area contributed by atoms with Gasteiger partial charge in [0.05, 0.1) is 5.69 Å². The number of aryl methyl sites for hydroxylation is 1. The van der Waals surface area contributed by atoms with Crippen LogP contribution in [0.2, 0.25) is 0 Å². The molecule has 0 bridgehead atoms. The fourth-order valence-electron chi connectivity index (χ4n) is 2.48. The van der Waals surface area contributed by atoms with Crippen LogP contribution in [0.25, 0.3) is 0 Å². The molecule has 2 nitrogen and oxygen atoms in total. The Labute approximate surface area is 112 Å². The number of hydrogen-bond donors (Lipinski definition) is 0. The summed E-state index contributed by atoms with van der Waals surface area (Å²) >= 11 is 3.46. The zero-order valence-corrected chi connectivity index (χ0v) is 12.2. The monoisotopic (exact) mass is 297 g/mol. The molecule has 1 heterocycles. The van der Waals surface area contributed by atoms with Crippen molar-refractivity contribution >= 4 is 15.9 Å². The molecule has 0 aromatic carbocycles. The second-order valence-corrected chi connectivity index (χ2v) is 5.75. The minimum Gasteiger partial charge on any atom is -0.474 e. The Bertz CT molecular complexity index is 380. The summed E-state index contributed by atoms with van der Waals surface area (Å²) in [5, 5.41) is 0. The first kappa shape index (κ1) is 12.9. The smallest absolute Gasteiger partial charge is 0.213 e. The Morgan fingerprint density at radius 1 is 1.41 bits per heavy atom. The van der Waals surface area contributed by atoms with E-state index in [1.54, 1.807) is 0 Å². The second kappa shape index (κ2) is 5.85. The van der Waals surface area contributed by atoms with Gasteiger partial charge in [0.2, 0.25) is 5.88 Å². The lowest BCUT2D eigenvalue weighted by Crippen LogP contribution is -2.25. The molecule has 2 atom stereocenters. The van der Waals surface area contributed by atoms with E-state index in [1.807, 2.05) is 19.1 Å². The Morgan fingerprint density at radius 2 is 2.24 bits per heavy atom. The van der Waals surface area contributed by atoms with E-state index in [4.69, 9.17) is 4.74 Å². The van der Waals surface area contributed by atoms with E-state index in [0.717, 1.165) is 22.0 Å². The first-order chi connectivity index (χ1) is 8.19. The summed E-state index contributed by atoms with van der Waals surface area (Å²) in [7, 11) is 0. The van der Waals surface area contributed by atoms with Gasteiger partial charge in [0.1, 0.15) is 6.10 Å². The van der Waals surface area contributed by atoms with Crippen molar-refractivity contribution in [3.05, 3.63) is 22.3 Å². The molecule has 0 amide bonds. The average molecular weight is 298 g/mol. The summed E-state index contributed by atoms with van der Waals surface area (Å²) in [6.45, 7) is 4.27. The van der Waals surface area contributed by atoms with Gasteiger partial charge in [0.25, 0.3) is 0 Å². The highest BCUT2D eigenvalue weighted by Gasteiger charge is 2.22. The number of halogens is 1. The topological polar surface area (TPSA) is 22.1 Å². The summed E-state index contributed by atoms with van der Waals surface area (Å²) in [5.41, 5.74) is 0.991. The molecule has 0 saturated heterocycles. The minimum atomic E-state index is 0.363. The lowest BCUT2D eigenvalue weighted by molar-refractivity contribution is 0.117. The Balaban J connectivity index is 1.97. The molecular formula is C14H20BrNO. The van der Waals surface area contributed by atoms with Crippen LogP contribution in [0.3, 0.4) is 0 Å². The van der Waals surface area contributed by atoms with Crippen molar-refractivity contribution in [2.45, 2.75) is 52.1 Å². The largest absolute Gasteiger partial charge is 0.474 e. The highest BCUT2D eigenvalue weighted by Crippen LogP contribution is 2.29. The Hall–Kier alpha value is -0.570. The number of rotatable bonds is 3. The van der Waals surface area contributed by atoms with Gasteiger partial charge < -0.3 is 4.74 Å². The molecule has 17 heavy (non-hydrogen) atoms. The zero-order chi connectivity index (χ0) is 12.3. The van der Waals surface area contributed by atoms with Gasteiger partial charge in [0, 0.05) is 10.5 Å². The third kappa shape index (κ3) is 3.44. The number of pyridine rings is 1. The molecule has 0 N–H and O–H groups in total. The number of ether oxygens (including phenoxy) is 1.